The second-order valence-electron chi connectivity index (χ2n) is 6.03. The van der Waals surface area contributed by atoms with Crippen LogP contribution in [-0.2, 0) is 9.59 Å². The van der Waals surface area contributed by atoms with Gasteiger partial charge in [-0.1, -0.05) is 33.1 Å². The SMILES string of the molecule is CC(=O)N(CCC(C)C)CC(=O)NC1CCCCC1. The quantitative estimate of drug-likeness (QED) is 0.804. The highest BCUT2D eigenvalue weighted by Gasteiger charge is 2.18. The van der Waals surface area contributed by atoms with E-state index in [0.29, 0.717) is 18.5 Å². The summed E-state index contributed by atoms with van der Waals surface area (Å²) in [4.78, 5) is 25.1. The maximum Gasteiger partial charge on any atom is 0.239 e. The van der Waals surface area contributed by atoms with Crippen LogP contribution in [0.3, 0.4) is 0 Å². The summed E-state index contributed by atoms with van der Waals surface area (Å²) in [6.07, 6.45) is 6.79. The maximum absolute atomic E-state index is 12.0. The first kappa shape index (κ1) is 16.0. The summed E-state index contributed by atoms with van der Waals surface area (Å²) >= 11 is 0. The minimum Gasteiger partial charge on any atom is -0.352 e. The molecule has 0 unspecified atom stereocenters. The van der Waals surface area contributed by atoms with Crippen LogP contribution in [0.5, 0.6) is 0 Å². The lowest BCUT2D eigenvalue weighted by Crippen LogP contribution is -2.44. The van der Waals surface area contributed by atoms with Gasteiger partial charge in [0.05, 0.1) is 6.54 Å². The van der Waals surface area contributed by atoms with Crippen molar-refractivity contribution in [3.63, 3.8) is 0 Å². The molecule has 1 aliphatic carbocycles. The third-order valence-corrected chi connectivity index (χ3v) is 3.73. The highest BCUT2D eigenvalue weighted by atomic mass is 16.2. The second-order valence-corrected chi connectivity index (χ2v) is 6.03. The molecule has 0 aromatic heterocycles. The monoisotopic (exact) mass is 268 g/mol. The molecule has 0 aliphatic heterocycles. The fraction of sp³-hybridized carbons (Fsp3) is 0.867. The highest BCUT2D eigenvalue weighted by molar-refractivity contribution is 5.83. The van der Waals surface area contributed by atoms with Gasteiger partial charge in [0, 0.05) is 19.5 Å². The van der Waals surface area contributed by atoms with Crippen LogP contribution >= 0.6 is 0 Å². The number of amides is 2. The van der Waals surface area contributed by atoms with E-state index in [2.05, 4.69) is 19.2 Å². The molecule has 110 valence electrons. The average molecular weight is 268 g/mol. The number of hydrogen-bond donors (Lipinski definition) is 1. The Morgan fingerprint density at radius 3 is 2.37 bits per heavy atom. The summed E-state index contributed by atoms with van der Waals surface area (Å²) in [6.45, 7) is 6.67. The van der Waals surface area contributed by atoms with Crippen molar-refractivity contribution in [1.82, 2.24) is 10.2 Å². The van der Waals surface area contributed by atoms with Gasteiger partial charge in [-0.3, -0.25) is 9.59 Å². The molecule has 0 aromatic rings. The molecule has 0 radical (unpaired) electrons. The van der Waals surface area contributed by atoms with E-state index in [1.807, 2.05) is 0 Å². The summed E-state index contributed by atoms with van der Waals surface area (Å²) in [5.74, 6) is 0.522. The Morgan fingerprint density at radius 2 is 1.84 bits per heavy atom. The Balaban J connectivity index is 2.35. The number of nitrogens with zero attached hydrogens (tertiary/aromatic N) is 1. The van der Waals surface area contributed by atoms with E-state index in [4.69, 9.17) is 0 Å². The van der Waals surface area contributed by atoms with Gasteiger partial charge >= 0.3 is 0 Å². The number of nitrogens with one attached hydrogen (secondary N) is 1. The van der Waals surface area contributed by atoms with Gasteiger partial charge in [0.15, 0.2) is 0 Å². The number of carbonyl (C=O) groups excluding carboxylic acids is 2. The molecule has 0 heterocycles. The van der Waals surface area contributed by atoms with Crippen LogP contribution in [-0.4, -0.2) is 35.8 Å². The van der Waals surface area contributed by atoms with Crippen LogP contribution in [0.1, 0.15) is 59.3 Å². The molecule has 1 aliphatic rings. The molecule has 1 N–H and O–H groups in total. The third-order valence-electron chi connectivity index (χ3n) is 3.73. The van der Waals surface area contributed by atoms with Gasteiger partial charge in [0.1, 0.15) is 0 Å². The van der Waals surface area contributed by atoms with Crippen LogP contribution in [0, 0.1) is 5.92 Å². The zero-order chi connectivity index (χ0) is 14.3. The zero-order valence-electron chi connectivity index (χ0n) is 12.6. The minimum absolute atomic E-state index is 0.00847. The van der Waals surface area contributed by atoms with E-state index in [1.54, 1.807) is 4.90 Å². The molecule has 2 amide bonds. The van der Waals surface area contributed by atoms with Crippen molar-refractivity contribution in [2.45, 2.75) is 65.3 Å². The fourth-order valence-corrected chi connectivity index (χ4v) is 2.46. The zero-order valence-corrected chi connectivity index (χ0v) is 12.6. The van der Waals surface area contributed by atoms with Crippen LogP contribution in [0.4, 0.5) is 0 Å². The summed E-state index contributed by atoms with van der Waals surface area (Å²) in [7, 11) is 0. The molecule has 19 heavy (non-hydrogen) atoms. The predicted octanol–water partition coefficient (Wildman–Crippen LogP) is 2.33. The van der Waals surface area contributed by atoms with E-state index in [1.165, 1.54) is 26.2 Å². The molecule has 1 fully saturated rings. The molecule has 0 saturated heterocycles. The summed E-state index contributed by atoms with van der Waals surface area (Å²) < 4.78 is 0. The Hall–Kier alpha value is -1.06. The van der Waals surface area contributed by atoms with Gasteiger partial charge in [-0.25, -0.2) is 0 Å². The molecule has 0 atom stereocenters. The van der Waals surface area contributed by atoms with E-state index in [-0.39, 0.29) is 18.4 Å². The van der Waals surface area contributed by atoms with Crippen LogP contribution < -0.4 is 5.32 Å². The fourth-order valence-electron chi connectivity index (χ4n) is 2.46. The van der Waals surface area contributed by atoms with Gasteiger partial charge < -0.3 is 10.2 Å². The van der Waals surface area contributed by atoms with Gasteiger partial charge in [-0.05, 0) is 25.2 Å². The van der Waals surface area contributed by atoms with Crippen molar-refractivity contribution >= 4 is 11.8 Å². The Morgan fingerprint density at radius 1 is 1.21 bits per heavy atom. The highest BCUT2D eigenvalue weighted by Crippen LogP contribution is 2.17. The lowest BCUT2D eigenvalue weighted by atomic mass is 9.95. The van der Waals surface area contributed by atoms with Crippen molar-refractivity contribution in [2.24, 2.45) is 5.92 Å². The van der Waals surface area contributed by atoms with Crippen molar-refractivity contribution in [3.05, 3.63) is 0 Å². The predicted molar refractivity (Wildman–Crippen MR) is 76.7 cm³/mol. The Bertz CT molecular complexity index is 297. The maximum atomic E-state index is 12.0. The standard InChI is InChI=1S/C15H28N2O2/c1-12(2)9-10-17(13(3)18)11-15(19)16-14-7-5-4-6-8-14/h12,14H,4-11H2,1-3H3,(H,16,19). The molecular weight excluding hydrogens is 240 g/mol. The van der Waals surface area contributed by atoms with Gasteiger partial charge in [-0.15, -0.1) is 0 Å². The van der Waals surface area contributed by atoms with E-state index >= 15 is 0 Å². The molecule has 4 nitrogen and oxygen atoms in total. The van der Waals surface area contributed by atoms with Gasteiger partial charge in [0.2, 0.25) is 11.8 Å². The number of rotatable bonds is 6. The lowest BCUT2D eigenvalue weighted by Gasteiger charge is -2.26. The molecule has 4 heteroatoms. The topological polar surface area (TPSA) is 49.4 Å². The van der Waals surface area contributed by atoms with Crippen LogP contribution in [0.2, 0.25) is 0 Å². The molecule has 0 spiro atoms. The van der Waals surface area contributed by atoms with Gasteiger partial charge in [0.25, 0.3) is 0 Å². The van der Waals surface area contributed by atoms with Gasteiger partial charge in [-0.2, -0.15) is 0 Å². The molecule has 1 rings (SSSR count). The largest absolute Gasteiger partial charge is 0.352 e. The molecule has 1 saturated carbocycles. The van der Waals surface area contributed by atoms with E-state index < -0.39 is 0 Å². The smallest absolute Gasteiger partial charge is 0.239 e. The van der Waals surface area contributed by atoms with E-state index in [0.717, 1.165) is 19.3 Å². The first-order chi connectivity index (χ1) is 8.99. The molecular formula is C15H28N2O2. The Labute approximate surface area is 116 Å². The molecule has 0 bridgehead atoms. The summed E-state index contributed by atoms with van der Waals surface area (Å²) in [5, 5.41) is 3.06. The van der Waals surface area contributed by atoms with Crippen LogP contribution in [0.15, 0.2) is 0 Å². The third kappa shape index (κ3) is 6.60. The summed E-state index contributed by atoms with van der Waals surface area (Å²) in [5.41, 5.74) is 0. The second kappa shape index (κ2) is 8.18. The van der Waals surface area contributed by atoms with Crippen molar-refractivity contribution in [3.8, 4) is 0 Å². The Kier molecular flexibility index (Phi) is 6.89. The normalized spacial score (nSPS) is 16.4. The van der Waals surface area contributed by atoms with Crippen LogP contribution in [0.25, 0.3) is 0 Å². The van der Waals surface area contributed by atoms with Crippen molar-refractivity contribution in [1.29, 1.82) is 0 Å². The number of carbonyl (C=O) groups is 2. The molecule has 0 aromatic carbocycles. The average Bonchev–Trinajstić information content (AvgIpc) is 2.35. The first-order valence-electron chi connectivity index (χ1n) is 7.54. The van der Waals surface area contributed by atoms with E-state index in [9.17, 15) is 9.59 Å². The first-order valence-corrected chi connectivity index (χ1v) is 7.54. The van der Waals surface area contributed by atoms with Crippen molar-refractivity contribution in [2.75, 3.05) is 13.1 Å². The van der Waals surface area contributed by atoms with Crippen molar-refractivity contribution < 1.29 is 9.59 Å². The number of hydrogen-bond acceptors (Lipinski definition) is 2. The lowest BCUT2D eigenvalue weighted by molar-refractivity contribution is -0.134. The summed E-state index contributed by atoms with van der Waals surface area (Å²) in [6, 6.07) is 0.320. The minimum atomic E-state index is -0.0144.